The molecule has 1 amide bonds. The van der Waals surface area contributed by atoms with E-state index in [1.165, 1.54) is 22.1 Å². The molecule has 1 N–H and O–H groups in total. The summed E-state index contributed by atoms with van der Waals surface area (Å²) in [7, 11) is 4.85. The Hall–Kier alpha value is -4.25. The Morgan fingerprint density at radius 1 is 1.09 bits per heavy atom. The molecule has 0 saturated heterocycles. The number of nitrogens with one attached hydrogen (secondary N) is 1. The summed E-state index contributed by atoms with van der Waals surface area (Å²) >= 11 is 1.42. The summed E-state index contributed by atoms with van der Waals surface area (Å²) < 4.78 is 12.2. The third kappa shape index (κ3) is 4.46. The monoisotopic (exact) mass is 479 g/mol. The van der Waals surface area contributed by atoms with Crippen LogP contribution in [0.25, 0.3) is 22.0 Å². The van der Waals surface area contributed by atoms with E-state index in [-0.39, 0.29) is 11.3 Å². The first kappa shape index (κ1) is 22.9. The second-order valence-electron chi connectivity index (χ2n) is 7.36. The van der Waals surface area contributed by atoms with Gasteiger partial charge in [-0.3, -0.25) is 19.6 Å². The number of carbonyl (C=O) groups is 1. The molecule has 0 unspecified atom stereocenters. The Bertz CT molecular complexity index is 1390. The normalized spacial score (nSPS) is 10.7. The summed E-state index contributed by atoms with van der Waals surface area (Å²) in [6.45, 7) is 1.62. The largest absolute Gasteiger partial charge is 0.493 e. The molecule has 4 aromatic rings. The number of ether oxygens (including phenoxy) is 2. The van der Waals surface area contributed by atoms with Crippen molar-refractivity contribution in [3.8, 4) is 33.5 Å². The highest BCUT2D eigenvalue weighted by Gasteiger charge is 2.18. The van der Waals surface area contributed by atoms with Gasteiger partial charge in [-0.1, -0.05) is 6.07 Å². The van der Waals surface area contributed by atoms with Crippen molar-refractivity contribution in [1.29, 1.82) is 0 Å². The van der Waals surface area contributed by atoms with E-state index < -0.39 is 10.8 Å². The smallest absolute Gasteiger partial charge is 0.273 e. The molecule has 174 valence electrons. The molecule has 0 aliphatic carbocycles. The van der Waals surface area contributed by atoms with Crippen LogP contribution in [0.15, 0.2) is 47.8 Å². The maximum atomic E-state index is 12.7. The molecule has 0 aliphatic heterocycles. The van der Waals surface area contributed by atoms with Crippen LogP contribution >= 0.6 is 11.3 Å². The average molecular weight is 480 g/mol. The number of rotatable bonds is 7. The predicted octanol–water partition coefficient (Wildman–Crippen LogP) is 4.70. The number of nitro groups is 1. The molecule has 10 nitrogen and oxygen atoms in total. The summed E-state index contributed by atoms with van der Waals surface area (Å²) in [5, 5.41) is 21.0. The van der Waals surface area contributed by atoms with Crippen LogP contribution in [0.3, 0.4) is 0 Å². The van der Waals surface area contributed by atoms with Crippen LogP contribution < -0.4 is 14.8 Å². The van der Waals surface area contributed by atoms with Crippen molar-refractivity contribution < 1.29 is 19.2 Å². The number of aryl methyl sites for hydroxylation is 2. The summed E-state index contributed by atoms with van der Waals surface area (Å²) in [6.07, 6.45) is 0. The maximum absolute atomic E-state index is 12.7. The fourth-order valence-corrected chi connectivity index (χ4v) is 4.13. The number of nitrogens with zero attached hydrogens (tertiary/aromatic N) is 4. The maximum Gasteiger partial charge on any atom is 0.273 e. The van der Waals surface area contributed by atoms with E-state index in [2.05, 4.69) is 15.4 Å². The van der Waals surface area contributed by atoms with Crippen LogP contribution in [0.2, 0.25) is 0 Å². The van der Waals surface area contributed by atoms with E-state index in [0.717, 1.165) is 11.3 Å². The van der Waals surface area contributed by atoms with Gasteiger partial charge in [0.2, 0.25) is 0 Å². The van der Waals surface area contributed by atoms with E-state index in [9.17, 15) is 14.9 Å². The molecule has 0 spiro atoms. The molecule has 0 fully saturated rings. The van der Waals surface area contributed by atoms with Gasteiger partial charge in [-0.25, -0.2) is 4.98 Å². The highest BCUT2D eigenvalue weighted by atomic mass is 32.1. The van der Waals surface area contributed by atoms with Gasteiger partial charge in [0.05, 0.1) is 24.8 Å². The number of hydrogen-bond donors (Lipinski definition) is 1. The van der Waals surface area contributed by atoms with Crippen molar-refractivity contribution >= 4 is 28.7 Å². The van der Waals surface area contributed by atoms with Crippen molar-refractivity contribution in [2.24, 2.45) is 7.05 Å². The van der Waals surface area contributed by atoms with Gasteiger partial charge >= 0.3 is 0 Å². The summed E-state index contributed by atoms with van der Waals surface area (Å²) in [5.41, 5.74) is 2.77. The van der Waals surface area contributed by atoms with E-state index in [4.69, 9.17) is 9.47 Å². The first-order valence-corrected chi connectivity index (χ1v) is 11.0. The lowest BCUT2D eigenvalue weighted by Crippen LogP contribution is -2.14. The quantitative estimate of drug-likeness (QED) is 0.301. The number of nitro benzene ring substituents is 1. The number of benzene rings is 2. The molecule has 34 heavy (non-hydrogen) atoms. The van der Waals surface area contributed by atoms with Crippen LogP contribution in [0.5, 0.6) is 11.5 Å². The molecular formula is C23H21N5O5S. The van der Waals surface area contributed by atoms with Gasteiger partial charge < -0.3 is 14.8 Å². The van der Waals surface area contributed by atoms with Gasteiger partial charge in [0.1, 0.15) is 16.5 Å². The molecule has 0 bridgehead atoms. The van der Waals surface area contributed by atoms with Crippen LogP contribution in [-0.4, -0.2) is 39.8 Å². The lowest BCUT2D eigenvalue weighted by Gasteiger charge is -2.08. The Morgan fingerprint density at radius 3 is 2.56 bits per heavy atom. The predicted molar refractivity (Wildman–Crippen MR) is 129 cm³/mol. The lowest BCUT2D eigenvalue weighted by molar-refractivity contribution is -0.385. The number of methoxy groups -OCH3 is 2. The minimum absolute atomic E-state index is 0.108. The van der Waals surface area contributed by atoms with Crippen LogP contribution in [0, 0.1) is 17.0 Å². The summed E-state index contributed by atoms with van der Waals surface area (Å²) in [5.74, 6) is 1.20. The zero-order valence-corrected chi connectivity index (χ0v) is 19.7. The van der Waals surface area contributed by atoms with Gasteiger partial charge in [0.15, 0.2) is 11.5 Å². The van der Waals surface area contributed by atoms with E-state index in [1.54, 1.807) is 46.4 Å². The lowest BCUT2D eigenvalue weighted by atomic mass is 10.1. The summed E-state index contributed by atoms with van der Waals surface area (Å²) in [4.78, 5) is 28.0. The van der Waals surface area contributed by atoms with Crippen LogP contribution in [0.4, 0.5) is 11.5 Å². The third-order valence-electron chi connectivity index (χ3n) is 5.19. The molecule has 2 heterocycles. The second-order valence-corrected chi connectivity index (χ2v) is 8.22. The Balaban J connectivity index is 1.56. The highest BCUT2D eigenvalue weighted by molar-refractivity contribution is 7.13. The van der Waals surface area contributed by atoms with Crippen molar-refractivity contribution in [1.82, 2.24) is 14.8 Å². The second kappa shape index (κ2) is 9.32. The van der Waals surface area contributed by atoms with E-state index in [1.807, 2.05) is 23.6 Å². The van der Waals surface area contributed by atoms with Crippen LogP contribution in [0.1, 0.15) is 15.9 Å². The van der Waals surface area contributed by atoms with E-state index >= 15 is 0 Å². The minimum Gasteiger partial charge on any atom is -0.493 e. The number of hydrogen-bond acceptors (Lipinski definition) is 8. The Labute approximate surface area is 198 Å². The van der Waals surface area contributed by atoms with Crippen molar-refractivity contribution in [3.05, 3.63) is 69.1 Å². The van der Waals surface area contributed by atoms with Gasteiger partial charge in [-0.05, 0) is 31.2 Å². The standard InChI is InChI=1S/C23H21N5O5S/c1-13-5-6-15(9-18(13)28(30)31)22(29)25-21-11-16(26-27(21)2)23-24-17(12-34-23)14-7-8-19(32-3)20(10-14)33-4/h5-12H,1-4H3,(H,25,29). The zero-order valence-electron chi connectivity index (χ0n) is 18.9. The number of carbonyl (C=O) groups excluding carboxylic acids is 1. The molecule has 2 aromatic heterocycles. The SMILES string of the molecule is COc1ccc(-c2csc(-c3cc(NC(=O)c4ccc(C)c([N+](=O)[O-])c4)n(C)n3)n2)cc1OC. The molecule has 11 heteroatoms. The highest BCUT2D eigenvalue weighted by Crippen LogP contribution is 2.34. The molecule has 2 aromatic carbocycles. The van der Waals surface area contributed by atoms with E-state index in [0.29, 0.717) is 33.6 Å². The Kier molecular flexibility index (Phi) is 6.28. The average Bonchev–Trinajstić information content (AvgIpc) is 3.46. The molecule has 0 atom stereocenters. The third-order valence-corrected chi connectivity index (χ3v) is 6.06. The number of aromatic nitrogens is 3. The minimum atomic E-state index is -0.507. The molecule has 0 saturated carbocycles. The molecular weight excluding hydrogens is 458 g/mol. The summed E-state index contributed by atoms with van der Waals surface area (Å²) in [6, 6.07) is 11.6. The molecule has 4 rings (SSSR count). The number of anilines is 1. The van der Waals surface area contributed by atoms with Crippen molar-refractivity contribution in [2.75, 3.05) is 19.5 Å². The topological polar surface area (TPSA) is 121 Å². The Morgan fingerprint density at radius 2 is 1.85 bits per heavy atom. The fourth-order valence-electron chi connectivity index (χ4n) is 3.34. The van der Waals surface area contributed by atoms with Gasteiger partial charge in [-0.2, -0.15) is 5.10 Å². The van der Waals surface area contributed by atoms with Crippen molar-refractivity contribution in [3.63, 3.8) is 0 Å². The van der Waals surface area contributed by atoms with Gasteiger partial charge in [0.25, 0.3) is 11.6 Å². The first-order chi connectivity index (χ1) is 16.3. The van der Waals surface area contributed by atoms with Gasteiger partial charge in [-0.15, -0.1) is 11.3 Å². The number of thiazole rings is 1. The fraction of sp³-hybridized carbons (Fsp3) is 0.174. The molecule has 0 radical (unpaired) electrons. The van der Waals surface area contributed by atoms with Gasteiger partial charge in [0, 0.05) is 41.3 Å². The van der Waals surface area contributed by atoms with Crippen molar-refractivity contribution in [2.45, 2.75) is 6.92 Å². The number of amides is 1. The molecule has 0 aliphatic rings. The zero-order chi connectivity index (χ0) is 24.4. The first-order valence-electron chi connectivity index (χ1n) is 10.1. The van der Waals surface area contributed by atoms with Crippen LogP contribution in [-0.2, 0) is 7.05 Å².